The van der Waals surface area contributed by atoms with Crippen LogP contribution < -0.4 is 30.6 Å². The number of nitrogens with zero attached hydrogens (tertiary/aromatic N) is 2. The molecular weight excluding hydrogens is 414 g/mol. The van der Waals surface area contributed by atoms with Crippen molar-refractivity contribution in [1.29, 1.82) is 0 Å². The highest BCUT2D eigenvalue weighted by Crippen LogP contribution is 2.36. The first-order valence-corrected chi connectivity index (χ1v) is 10.9. The van der Waals surface area contributed by atoms with E-state index in [1.165, 1.54) is 0 Å². The molecule has 10 heteroatoms. The van der Waals surface area contributed by atoms with Crippen molar-refractivity contribution in [3.8, 4) is 11.5 Å². The van der Waals surface area contributed by atoms with Gasteiger partial charge < -0.3 is 25.0 Å². The summed E-state index contributed by atoms with van der Waals surface area (Å²) in [4.78, 5) is 48.0. The van der Waals surface area contributed by atoms with E-state index in [1.54, 1.807) is 18.2 Å². The zero-order valence-electron chi connectivity index (χ0n) is 17.8. The summed E-state index contributed by atoms with van der Waals surface area (Å²) in [5, 5.41) is 5.46. The van der Waals surface area contributed by atoms with E-state index in [2.05, 4.69) is 32.4 Å². The molecule has 1 saturated heterocycles. The fraction of sp³-hybridized carbons (Fsp3) is 0.455. The monoisotopic (exact) mass is 439 g/mol. The van der Waals surface area contributed by atoms with E-state index in [0.717, 1.165) is 32.2 Å². The summed E-state index contributed by atoms with van der Waals surface area (Å²) in [6, 6.07) is 5.32. The van der Waals surface area contributed by atoms with Crippen LogP contribution in [-0.2, 0) is 9.59 Å². The van der Waals surface area contributed by atoms with Crippen LogP contribution in [0.15, 0.2) is 23.0 Å². The van der Waals surface area contributed by atoms with E-state index in [-0.39, 0.29) is 36.5 Å². The Hall–Kier alpha value is -3.56. The Morgan fingerprint density at radius 3 is 2.94 bits per heavy atom. The average Bonchev–Trinajstić information content (AvgIpc) is 3.26. The number of ether oxygens (including phenoxy) is 2. The van der Waals surface area contributed by atoms with Gasteiger partial charge in [-0.05, 0) is 37.8 Å². The summed E-state index contributed by atoms with van der Waals surface area (Å²) in [5.74, 6) is -0.0219. The molecule has 168 valence electrons. The molecule has 1 aromatic heterocycles. The van der Waals surface area contributed by atoms with E-state index < -0.39 is 17.4 Å². The number of H-pyrrole nitrogens is 1. The summed E-state index contributed by atoms with van der Waals surface area (Å²) in [7, 11) is 0. The third-order valence-corrected chi connectivity index (χ3v) is 6.27. The number of aromatic nitrogens is 2. The molecule has 1 aromatic carbocycles. The van der Waals surface area contributed by atoms with Gasteiger partial charge in [0.1, 0.15) is 5.82 Å². The van der Waals surface area contributed by atoms with Crippen molar-refractivity contribution in [2.45, 2.75) is 51.0 Å². The lowest BCUT2D eigenvalue weighted by Crippen LogP contribution is -2.43. The lowest BCUT2D eigenvalue weighted by Gasteiger charge is -2.36. The first kappa shape index (κ1) is 20.3. The Morgan fingerprint density at radius 1 is 1.25 bits per heavy atom. The van der Waals surface area contributed by atoms with Crippen LogP contribution in [0.2, 0.25) is 0 Å². The lowest BCUT2D eigenvalue weighted by molar-refractivity contribution is -0.123. The minimum Gasteiger partial charge on any atom is -0.454 e. The fourth-order valence-electron chi connectivity index (χ4n) is 4.63. The molecule has 0 bridgehead atoms. The summed E-state index contributed by atoms with van der Waals surface area (Å²) in [6.45, 7) is 3.03. The van der Waals surface area contributed by atoms with Crippen LogP contribution in [0.3, 0.4) is 0 Å². The molecule has 32 heavy (non-hydrogen) atoms. The van der Waals surface area contributed by atoms with Crippen molar-refractivity contribution in [1.82, 2.24) is 9.97 Å². The van der Waals surface area contributed by atoms with Crippen LogP contribution in [0.25, 0.3) is 0 Å². The quantitative estimate of drug-likeness (QED) is 0.668. The van der Waals surface area contributed by atoms with Crippen LogP contribution in [0.1, 0.15) is 50.5 Å². The molecule has 1 fully saturated rings. The molecule has 4 heterocycles. The molecule has 5 rings (SSSR count). The fourth-order valence-corrected chi connectivity index (χ4v) is 4.63. The largest absolute Gasteiger partial charge is 0.454 e. The number of aromatic amines is 1. The molecule has 10 nitrogen and oxygen atoms in total. The van der Waals surface area contributed by atoms with Crippen molar-refractivity contribution >= 4 is 29.3 Å². The van der Waals surface area contributed by atoms with Crippen molar-refractivity contribution in [2.75, 3.05) is 28.9 Å². The van der Waals surface area contributed by atoms with E-state index in [4.69, 9.17) is 9.47 Å². The molecule has 2 amide bonds. The molecule has 0 aliphatic carbocycles. The standard InChI is InChI=1S/C22H25N5O5/c1-2-13-5-3-4-8-27(13)22-25-19-18(21(30)26-22)14(10-17(28)24-19)20(29)23-12-6-7-15-16(9-12)32-11-31-15/h6-7,9,13-14H,2-5,8,10-11H2,1H3,(H,23,29)(H2,24,25,26,28,30). The Morgan fingerprint density at radius 2 is 2.09 bits per heavy atom. The van der Waals surface area contributed by atoms with Crippen LogP contribution >= 0.6 is 0 Å². The van der Waals surface area contributed by atoms with Crippen molar-refractivity contribution < 1.29 is 19.1 Å². The Bertz CT molecular complexity index is 1130. The zero-order valence-corrected chi connectivity index (χ0v) is 17.8. The highest BCUT2D eigenvalue weighted by Gasteiger charge is 2.36. The van der Waals surface area contributed by atoms with Crippen LogP contribution in [0, 0.1) is 0 Å². The Labute approximate surface area is 184 Å². The number of benzene rings is 1. The Balaban J connectivity index is 1.44. The predicted molar refractivity (Wildman–Crippen MR) is 117 cm³/mol. The summed E-state index contributed by atoms with van der Waals surface area (Å²) >= 11 is 0. The third-order valence-electron chi connectivity index (χ3n) is 6.27. The second kappa shape index (κ2) is 8.18. The second-order valence-electron chi connectivity index (χ2n) is 8.27. The highest BCUT2D eigenvalue weighted by molar-refractivity contribution is 6.04. The van der Waals surface area contributed by atoms with Gasteiger partial charge in [-0.3, -0.25) is 19.4 Å². The Kier molecular flexibility index (Phi) is 5.20. The molecule has 2 unspecified atom stereocenters. The topological polar surface area (TPSA) is 126 Å². The molecule has 0 saturated carbocycles. The van der Waals surface area contributed by atoms with E-state index in [9.17, 15) is 14.4 Å². The van der Waals surface area contributed by atoms with Gasteiger partial charge in [-0.15, -0.1) is 0 Å². The molecular formula is C22H25N5O5. The predicted octanol–water partition coefficient (Wildman–Crippen LogP) is 2.33. The van der Waals surface area contributed by atoms with Crippen molar-refractivity contribution in [3.05, 3.63) is 34.1 Å². The maximum Gasteiger partial charge on any atom is 0.258 e. The number of hydrogen-bond acceptors (Lipinski definition) is 7. The minimum atomic E-state index is -0.946. The molecule has 3 aliphatic heterocycles. The number of carbonyl (C=O) groups excluding carboxylic acids is 2. The maximum atomic E-state index is 13.1. The number of rotatable bonds is 4. The number of carbonyl (C=O) groups is 2. The van der Waals surface area contributed by atoms with Gasteiger partial charge in [0.15, 0.2) is 11.5 Å². The SMILES string of the molecule is CCC1CCCCN1c1nc2c(c(=O)[nH]1)C(C(=O)Nc1ccc3c(c1)OCO3)CC(=O)N2. The van der Waals surface area contributed by atoms with Crippen LogP contribution in [0.5, 0.6) is 11.5 Å². The smallest absolute Gasteiger partial charge is 0.258 e. The van der Waals surface area contributed by atoms with E-state index in [0.29, 0.717) is 23.1 Å². The van der Waals surface area contributed by atoms with E-state index in [1.807, 2.05) is 0 Å². The first-order chi connectivity index (χ1) is 15.5. The normalized spacial score (nSPS) is 21.7. The van der Waals surface area contributed by atoms with Crippen LogP contribution in [0.4, 0.5) is 17.5 Å². The average molecular weight is 439 g/mol. The lowest BCUT2D eigenvalue weighted by atomic mass is 9.92. The highest BCUT2D eigenvalue weighted by atomic mass is 16.7. The molecule has 0 radical (unpaired) electrons. The minimum absolute atomic E-state index is 0.127. The summed E-state index contributed by atoms with van der Waals surface area (Å²) in [5.41, 5.74) is 0.264. The molecule has 2 atom stereocenters. The molecule has 3 N–H and O–H groups in total. The van der Waals surface area contributed by atoms with Gasteiger partial charge in [0.2, 0.25) is 24.6 Å². The number of amides is 2. The number of fused-ring (bicyclic) bond motifs is 2. The number of anilines is 3. The van der Waals surface area contributed by atoms with Crippen LogP contribution in [-0.4, -0.2) is 41.2 Å². The zero-order chi connectivity index (χ0) is 22.2. The number of piperidine rings is 1. The summed E-state index contributed by atoms with van der Waals surface area (Å²) < 4.78 is 10.6. The van der Waals surface area contributed by atoms with Gasteiger partial charge in [0, 0.05) is 30.8 Å². The number of hydrogen-bond donors (Lipinski definition) is 3. The maximum absolute atomic E-state index is 13.1. The molecule has 2 aromatic rings. The van der Waals surface area contributed by atoms with Crippen molar-refractivity contribution in [3.63, 3.8) is 0 Å². The summed E-state index contributed by atoms with van der Waals surface area (Å²) in [6.07, 6.45) is 4.00. The molecule has 3 aliphatic rings. The second-order valence-corrected chi connectivity index (χ2v) is 8.27. The van der Waals surface area contributed by atoms with Crippen molar-refractivity contribution in [2.24, 2.45) is 0 Å². The van der Waals surface area contributed by atoms with E-state index >= 15 is 0 Å². The number of nitrogens with one attached hydrogen (secondary N) is 3. The van der Waals surface area contributed by atoms with Gasteiger partial charge in [-0.2, -0.15) is 4.98 Å². The van der Waals surface area contributed by atoms with Gasteiger partial charge >= 0.3 is 0 Å². The van der Waals surface area contributed by atoms with Gasteiger partial charge in [-0.25, -0.2) is 0 Å². The third kappa shape index (κ3) is 3.65. The molecule has 0 spiro atoms. The van der Waals surface area contributed by atoms with Gasteiger partial charge in [0.25, 0.3) is 5.56 Å². The van der Waals surface area contributed by atoms with Gasteiger partial charge in [-0.1, -0.05) is 6.92 Å². The van der Waals surface area contributed by atoms with Gasteiger partial charge in [0.05, 0.1) is 11.5 Å². The first-order valence-electron chi connectivity index (χ1n) is 10.9.